The van der Waals surface area contributed by atoms with Crippen LogP contribution in [0.3, 0.4) is 0 Å². The third-order valence-electron chi connectivity index (χ3n) is 12.0. The predicted octanol–water partition coefficient (Wildman–Crippen LogP) is 12.5. The minimum absolute atomic E-state index is 0.719. The van der Waals surface area contributed by atoms with E-state index in [4.69, 9.17) is 9.97 Å². The maximum absolute atomic E-state index is 5.29. The van der Waals surface area contributed by atoms with Crippen LogP contribution in [0.5, 0.6) is 0 Å². The first-order chi connectivity index (χ1) is 28.2. The van der Waals surface area contributed by atoms with E-state index < -0.39 is 0 Å². The van der Waals surface area contributed by atoms with Gasteiger partial charge in [-0.3, -0.25) is 0 Å². The number of aromatic nitrogens is 4. The summed E-state index contributed by atoms with van der Waals surface area (Å²) in [5.41, 5.74) is 11.3. The Morgan fingerprint density at radius 3 is 2.11 bits per heavy atom. The SMILES string of the molecule is C1=CC(c2cc(-c3ccc4ccccc4c3)nc(-c3ccc4ccccc4c3)n2)=CC=C(n2c3c4c(ccc5cc6c(ccn6-c6ccccc6)c2c54)CCC=3)C1. The molecule has 0 radical (unpaired) electrons. The maximum Gasteiger partial charge on any atom is 0.160 e. The number of rotatable bonds is 5. The van der Waals surface area contributed by atoms with E-state index in [-0.39, 0.29) is 0 Å². The standard InChI is InChI=1S/C53H36N4/c1-2-16-43(17-3-1)56-29-28-45-49(56)32-41-24-22-37-15-9-19-48-50(37)51(41)52(45)57(48)44-18-8-14-36(26-27-44)46-33-47(40-23-20-34-10-4-6-12-38(34)30-40)55-53(54-46)42-25-21-35-11-5-7-13-39(35)31-42/h1-8,10-14,16-17,19-33H,9,15,18H2. The monoisotopic (exact) mass is 728 g/mol. The van der Waals surface area contributed by atoms with Crippen molar-refractivity contribution in [3.05, 3.63) is 193 Å². The van der Waals surface area contributed by atoms with Gasteiger partial charge in [-0.15, -0.1) is 0 Å². The average Bonchev–Trinajstić information content (AvgIpc) is 3.76. The van der Waals surface area contributed by atoms with Crippen molar-refractivity contribution >= 4 is 71.5 Å². The first kappa shape index (κ1) is 32.0. The zero-order chi connectivity index (χ0) is 37.5. The molecular weight excluding hydrogens is 693 g/mol. The molecule has 4 heteroatoms. The third-order valence-corrected chi connectivity index (χ3v) is 12.0. The summed E-state index contributed by atoms with van der Waals surface area (Å²) in [5.74, 6) is 0.719. The second kappa shape index (κ2) is 12.6. The van der Waals surface area contributed by atoms with E-state index in [1.165, 1.54) is 76.4 Å². The van der Waals surface area contributed by atoms with Crippen LogP contribution in [-0.2, 0) is 6.42 Å². The Labute approximate surface area is 329 Å². The Hall–Kier alpha value is -7.30. The van der Waals surface area contributed by atoms with E-state index in [9.17, 15) is 0 Å². The Kier molecular flexibility index (Phi) is 7.08. The van der Waals surface area contributed by atoms with E-state index in [0.29, 0.717) is 0 Å². The average molecular weight is 729 g/mol. The summed E-state index contributed by atoms with van der Waals surface area (Å²) in [5, 5.41) is 11.4. The van der Waals surface area contributed by atoms with Gasteiger partial charge in [-0.05, 0) is 93.9 Å². The number of hydrogen-bond acceptors (Lipinski definition) is 2. The first-order valence-electron chi connectivity index (χ1n) is 19.8. The molecule has 0 bridgehead atoms. The molecule has 0 aliphatic heterocycles. The number of allylic oxidation sites excluding steroid dienone is 6. The van der Waals surface area contributed by atoms with E-state index in [0.717, 1.165) is 53.2 Å². The third kappa shape index (κ3) is 5.14. The molecule has 0 saturated carbocycles. The van der Waals surface area contributed by atoms with Gasteiger partial charge in [0.05, 0.1) is 27.8 Å². The fraction of sp³-hybridized carbons (Fsp3) is 0.0566. The lowest BCUT2D eigenvalue weighted by atomic mass is 9.95. The van der Waals surface area contributed by atoms with E-state index in [1.807, 2.05) is 0 Å². The summed E-state index contributed by atoms with van der Waals surface area (Å²) in [7, 11) is 0. The van der Waals surface area contributed by atoms with E-state index in [2.05, 4.69) is 191 Å². The zero-order valence-electron chi connectivity index (χ0n) is 31.2. The van der Waals surface area contributed by atoms with Gasteiger partial charge in [-0.1, -0.05) is 127 Å². The highest BCUT2D eigenvalue weighted by atomic mass is 15.0. The molecule has 0 atom stereocenters. The minimum Gasteiger partial charge on any atom is -0.316 e. The molecule has 12 rings (SSSR count). The summed E-state index contributed by atoms with van der Waals surface area (Å²) >= 11 is 0. The summed E-state index contributed by atoms with van der Waals surface area (Å²) < 4.78 is 4.88. The quantitative estimate of drug-likeness (QED) is 0.177. The van der Waals surface area contributed by atoms with Gasteiger partial charge >= 0.3 is 0 Å². The fourth-order valence-corrected chi connectivity index (χ4v) is 9.25. The van der Waals surface area contributed by atoms with Crippen molar-refractivity contribution in [3.63, 3.8) is 0 Å². The molecular formula is C53H36N4. The smallest absolute Gasteiger partial charge is 0.160 e. The zero-order valence-corrected chi connectivity index (χ0v) is 31.2. The van der Waals surface area contributed by atoms with Gasteiger partial charge in [-0.25, -0.2) is 9.97 Å². The Morgan fingerprint density at radius 2 is 1.28 bits per heavy atom. The van der Waals surface area contributed by atoms with Crippen LogP contribution in [0.1, 0.15) is 24.1 Å². The Balaban J connectivity index is 1.05. The number of nitrogens with zero attached hydrogens (tertiary/aromatic N) is 4. The summed E-state index contributed by atoms with van der Waals surface area (Å²) in [6, 6.07) is 52.3. The lowest BCUT2D eigenvalue weighted by Crippen LogP contribution is -2.18. The topological polar surface area (TPSA) is 35.6 Å². The normalized spacial score (nSPS) is 14.0. The first-order valence-corrected chi connectivity index (χ1v) is 19.8. The number of fused-ring (bicyclic) bond motifs is 4. The fourth-order valence-electron chi connectivity index (χ4n) is 9.25. The van der Waals surface area contributed by atoms with Gasteiger partial charge in [0, 0.05) is 56.9 Å². The van der Waals surface area contributed by atoms with Crippen LogP contribution in [0, 0.1) is 0 Å². The minimum atomic E-state index is 0.719. The van der Waals surface area contributed by atoms with Gasteiger partial charge in [0.1, 0.15) is 0 Å². The molecule has 3 heterocycles. The van der Waals surface area contributed by atoms with Crippen molar-refractivity contribution < 1.29 is 0 Å². The molecule has 0 unspecified atom stereocenters. The van der Waals surface area contributed by atoms with Crippen molar-refractivity contribution in [2.75, 3.05) is 0 Å². The molecule has 0 N–H and O–H groups in total. The summed E-state index contributed by atoms with van der Waals surface area (Å²) in [6.07, 6.45) is 16.7. The highest BCUT2D eigenvalue weighted by Gasteiger charge is 2.23. The second-order valence-electron chi connectivity index (χ2n) is 15.3. The Bertz CT molecular complexity index is 3330. The Morgan fingerprint density at radius 1 is 0.561 bits per heavy atom. The molecule has 7 aromatic carbocycles. The van der Waals surface area contributed by atoms with Crippen LogP contribution >= 0.6 is 0 Å². The van der Waals surface area contributed by atoms with Crippen LogP contribution in [0.4, 0.5) is 0 Å². The van der Waals surface area contributed by atoms with Crippen LogP contribution in [0.25, 0.3) is 99.8 Å². The van der Waals surface area contributed by atoms with Crippen molar-refractivity contribution in [3.8, 4) is 28.3 Å². The van der Waals surface area contributed by atoms with Crippen LogP contribution < -0.4 is 5.35 Å². The number of hydrogen-bond donors (Lipinski definition) is 0. The van der Waals surface area contributed by atoms with Gasteiger partial charge in [0.15, 0.2) is 5.82 Å². The number of para-hydroxylation sites is 1. The molecule has 2 aliphatic carbocycles. The molecule has 57 heavy (non-hydrogen) atoms. The lowest BCUT2D eigenvalue weighted by molar-refractivity contribution is 0.995. The van der Waals surface area contributed by atoms with Crippen molar-refractivity contribution in [2.45, 2.75) is 19.3 Å². The van der Waals surface area contributed by atoms with Gasteiger partial charge in [-0.2, -0.15) is 0 Å². The highest BCUT2D eigenvalue weighted by Crippen LogP contribution is 2.39. The largest absolute Gasteiger partial charge is 0.316 e. The van der Waals surface area contributed by atoms with E-state index in [1.54, 1.807) is 0 Å². The summed E-state index contributed by atoms with van der Waals surface area (Å²) in [4.78, 5) is 10.5. The van der Waals surface area contributed by atoms with Crippen molar-refractivity contribution in [1.29, 1.82) is 0 Å². The van der Waals surface area contributed by atoms with Gasteiger partial charge in [0.25, 0.3) is 0 Å². The molecule has 3 aromatic heterocycles. The van der Waals surface area contributed by atoms with Gasteiger partial charge in [0.2, 0.25) is 0 Å². The molecule has 0 fully saturated rings. The molecule has 10 aromatic rings. The molecule has 2 aliphatic rings. The second-order valence-corrected chi connectivity index (χ2v) is 15.3. The van der Waals surface area contributed by atoms with Crippen LogP contribution in [0.15, 0.2) is 176 Å². The molecule has 4 nitrogen and oxygen atoms in total. The molecule has 0 saturated heterocycles. The van der Waals surface area contributed by atoms with Gasteiger partial charge < -0.3 is 9.13 Å². The highest BCUT2D eigenvalue weighted by molar-refractivity contribution is 6.22. The summed E-state index contributed by atoms with van der Waals surface area (Å²) in [6.45, 7) is 0. The maximum atomic E-state index is 5.29. The van der Waals surface area contributed by atoms with Crippen LogP contribution in [-0.4, -0.2) is 19.1 Å². The molecule has 268 valence electrons. The predicted molar refractivity (Wildman–Crippen MR) is 238 cm³/mol. The number of aryl methyl sites for hydroxylation is 1. The van der Waals surface area contributed by atoms with E-state index >= 15 is 0 Å². The van der Waals surface area contributed by atoms with Crippen molar-refractivity contribution in [1.82, 2.24) is 19.1 Å². The van der Waals surface area contributed by atoms with Crippen molar-refractivity contribution in [2.24, 2.45) is 0 Å². The number of benzene rings is 7. The van der Waals surface area contributed by atoms with Crippen LogP contribution in [0.2, 0.25) is 0 Å². The molecule has 0 spiro atoms. The lowest BCUT2D eigenvalue weighted by Gasteiger charge is -2.12. The molecule has 0 amide bonds.